The van der Waals surface area contributed by atoms with E-state index in [9.17, 15) is 4.39 Å². The molecule has 0 spiro atoms. The largest absolute Gasteiger partial charge is 0.490 e. The third-order valence-corrected chi connectivity index (χ3v) is 3.40. The van der Waals surface area contributed by atoms with Crippen molar-refractivity contribution in [2.24, 2.45) is 5.41 Å². The number of benzene rings is 1. The Bertz CT molecular complexity index is 417. The van der Waals surface area contributed by atoms with Crippen molar-refractivity contribution < 1.29 is 9.13 Å². The van der Waals surface area contributed by atoms with Crippen molar-refractivity contribution in [2.45, 2.75) is 39.7 Å². The zero-order valence-corrected chi connectivity index (χ0v) is 11.4. The van der Waals surface area contributed by atoms with E-state index >= 15 is 0 Å². The quantitative estimate of drug-likeness (QED) is 0.868. The van der Waals surface area contributed by atoms with Gasteiger partial charge in [0.2, 0.25) is 0 Å². The molecular formula is C15H22FNO. The van der Waals surface area contributed by atoms with Crippen molar-refractivity contribution in [3.63, 3.8) is 0 Å². The monoisotopic (exact) mass is 251 g/mol. The van der Waals surface area contributed by atoms with Gasteiger partial charge in [0.05, 0.1) is 0 Å². The van der Waals surface area contributed by atoms with Gasteiger partial charge in [0, 0.05) is 18.5 Å². The van der Waals surface area contributed by atoms with E-state index < -0.39 is 0 Å². The van der Waals surface area contributed by atoms with Crippen LogP contribution in [0.2, 0.25) is 0 Å². The highest BCUT2D eigenvalue weighted by molar-refractivity contribution is 5.37. The van der Waals surface area contributed by atoms with Gasteiger partial charge in [-0.1, -0.05) is 20.8 Å². The van der Waals surface area contributed by atoms with Gasteiger partial charge < -0.3 is 10.1 Å². The topological polar surface area (TPSA) is 21.3 Å². The Morgan fingerprint density at radius 3 is 2.94 bits per heavy atom. The number of halogens is 1. The van der Waals surface area contributed by atoms with Gasteiger partial charge in [0.1, 0.15) is 17.7 Å². The third kappa shape index (κ3) is 3.22. The van der Waals surface area contributed by atoms with E-state index in [0.717, 1.165) is 37.2 Å². The lowest BCUT2D eigenvalue weighted by Crippen LogP contribution is -2.33. The molecule has 1 heterocycles. The second-order valence-electron chi connectivity index (χ2n) is 5.84. The van der Waals surface area contributed by atoms with Crippen LogP contribution in [0.5, 0.6) is 5.75 Å². The summed E-state index contributed by atoms with van der Waals surface area (Å²) in [4.78, 5) is 0. The van der Waals surface area contributed by atoms with Gasteiger partial charge in [0.25, 0.3) is 0 Å². The molecule has 100 valence electrons. The summed E-state index contributed by atoms with van der Waals surface area (Å²) < 4.78 is 19.0. The van der Waals surface area contributed by atoms with Gasteiger partial charge in [-0.15, -0.1) is 0 Å². The molecule has 0 saturated heterocycles. The number of ether oxygens (including phenoxy) is 1. The van der Waals surface area contributed by atoms with Crippen LogP contribution in [-0.4, -0.2) is 19.2 Å². The lowest BCUT2D eigenvalue weighted by molar-refractivity contribution is 0.155. The van der Waals surface area contributed by atoms with E-state index in [4.69, 9.17) is 4.74 Å². The first-order valence-corrected chi connectivity index (χ1v) is 6.66. The predicted octanol–water partition coefficient (Wildman–Crippen LogP) is 3.16. The molecule has 1 atom stereocenters. The van der Waals surface area contributed by atoms with Crippen molar-refractivity contribution in [3.05, 3.63) is 29.6 Å². The lowest BCUT2D eigenvalue weighted by atomic mass is 9.85. The first kappa shape index (κ1) is 13.3. The Morgan fingerprint density at radius 1 is 1.44 bits per heavy atom. The first-order valence-electron chi connectivity index (χ1n) is 6.66. The summed E-state index contributed by atoms with van der Waals surface area (Å²) in [6, 6.07) is 4.79. The fraction of sp³-hybridized carbons (Fsp3) is 0.600. The summed E-state index contributed by atoms with van der Waals surface area (Å²) in [7, 11) is 0. The average molecular weight is 251 g/mol. The van der Waals surface area contributed by atoms with Gasteiger partial charge in [-0.3, -0.25) is 0 Å². The van der Waals surface area contributed by atoms with Gasteiger partial charge in [-0.25, -0.2) is 4.39 Å². The second-order valence-corrected chi connectivity index (χ2v) is 5.84. The molecule has 3 heteroatoms. The van der Waals surface area contributed by atoms with Crippen molar-refractivity contribution in [3.8, 4) is 5.75 Å². The third-order valence-electron chi connectivity index (χ3n) is 3.40. The maximum Gasteiger partial charge on any atom is 0.123 e. The van der Waals surface area contributed by atoms with E-state index in [-0.39, 0.29) is 17.3 Å². The van der Waals surface area contributed by atoms with Crippen molar-refractivity contribution >= 4 is 0 Å². The summed E-state index contributed by atoms with van der Waals surface area (Å²) in [6.07, 6.45) is 1.98. The summed E-state index contributed by atoms with van der Waals surface area (Å²) in [6.45, 7) is 8.56. The molecule has 0 aromatic heterocycles. The molecule has 0 bridgehead atoms. The summed E-state index contributed by atoms with van der Waals surface area (Å²) in [5.74, 6) is 0.672. The van der Waals surface area contributed by atoms with E-state index in [1.54, 1.807) is 12.1 Å². The molecule has 1 aromatic carbocycles. The minimum atomic E-state index is -0.176. The molecule has 2 rings (SSSR count). The molecule has 0 fully saturated rings. The highest BCUT2D eigenvalue weighted by Gasteiger charge is 2.29. The number of hydrogen-bond acceptors (Lipinski definition) is 2. The zero-order chi connectivity index (χ0) is 13.2. The molecule has 1 unspecified atom stereocenters. The van der Waals surface area contributed by atoms with Crippen LogP contribution in [0, 0.1) is 11.2 Å². The molecule has 1 aromatic rings. The number of nitrogens with one attached hydrogen (secondary N) is 1. The minimum absolute atomic E-state index is 0.176. The molecule has 0 saturated carbocycles. The Hall–Kier alpha value is -1.09. The molecule has 1 N–H and O–H groups in total. The van der Waals surface area contributed by atoms with Gasteiger partial charge in [0.15, 0.2) is 0 Å². The van der Waals surface area contributed by atoms with E-state index in [0.29, 0.717) is 0 Å². The van der Waals surface area contributed by atoms with Crippen LogP contribution in [0.25, 0.3) is 0 Å². The Kier molecular flexibility index (Phi) is 3.91. The van der Waals surface area contributed by atoms with Crippen LogP contribution < -0.4 is 10.1 Å². The van der Waals surface area contributed by atoms with Gasteiger partial charge in [-0.2, -0.15) is 0 Å². The summed E-state index contributed by atoms with van der Waals surface area (Å²) in [5.41, 5.74) is 1.20. The minimum Gasteiger partial charge on any atom is -0.490 e. The number of hydrogen-bond donors (Lipinski definition) is 1. The zero-order valence-electron chi connectivity index (χ0n) is 11.4. The van der Waals surface area contributed by atoms with E-state index in [2.05, 4.69) is 26.1 Å². The number of rotatable bonds is 5. The van der Waals surface area contributed by atoms with E-state index in [1.165, 1.54) is 6.07 Å². The Balaban J connectivity index is 1.95. The molecule has 0 amide bonds. The fourth-order valence-corrected chi connectivity index (χ4v) is 2.55. The SMILES string of the molecule is CCNCC(C)(C)CC1Cc2cc(F)ccc2O1. The summed E-state index contributed by atoms with van der Waals surface area (Å²) >= 11 is 0. The first-order chi connectivity index (χ1) is 8.50. The fourth-order valence-electron chi connectivity index (χ4n) is 2.55. The predicted molar refractivity (Wildman–Crippen MR) is 71.5 cm³/mol. The van der Waals surface area contributed by atoms with Gasteiger partial charge >= 0.3 is 0 Å². The second kappa shape index (κ2) is 5.27. The molecule has 0 radical (unpaired) electrons. The standard InChI is InChI=1S/C15H22FNO/c1-4-17-10-15(2,3)9-13-8-11-7-12(16)5-6-14(11)18-13/h5-7,13,17H,4,8-10H2,1-3H3. The Labute approximate surface area is 109 Å². The molecule has 0 aliphatic carbocycles. The molecule has 18 heavy (non-hydrogen) atoms. The van der Waals surface area contributed by atoms with Crippen LogP contribution in [0.4, 0.5) is 4.39 Å². The lowest BCUT2D eigenvalue weighted by Gasteiger charge is -2.27. The van der Waals surface area contributed by atoms with E-state index in [1.807, 2.05) is 0 Å². The van der Waals surface area contributed by atoms with Gasteiger partial charge in [-0.05, 0) is 36.6 Å². The van der Waals surface area contributed by atoms with Crippen molar-refractivity contribution in [2.75, 3.05) is 13.1 Å². The van der Waals surface area contributed by atoms with Crippen molar-refractivity contribution in [1.29, 1.82) is 0 Å². The smallest absolute Gasteiger partial charge is 0.123 e. The van der Waals surface area contributed by atoms with Crippen LogP contribution >= 0.6 is 0 Å². The Morgan fingerprint density at radius 2 is 2.22 bits per heavy atom. The van der Waals surface area contributed by atoms with Crippen molar-refractivity contribution in [1.82, 2.24) is 5.32 Å². The maximum atomic E-state index is 13.1. The molecule has 1 aliphatic rings. The molecular weight excluding hydrogens is 229 g/mol. The summed E-state index contributed by atoms with van der Waals surface area (Å²) in [5, 5.41) is 3.38. The van der Waals surface area contributed by atoms with Crippen LogP contribution in [-0.2, 0) is 6.42 Å². The van der Waals surface area contributed by atoms with Crippen LogP contribution in [0.3, 0.4) is 0 Å². The average Bonchev–Trinajstić information content (AvgIpc) is 2.66. The van der Waals surface area contributed by atoms with Crippen LogP contribution in [0.15, 0.2) is 18.2 Å². The molecule has 1 aliphatic heterocycles. The number of fused-ring (bicyclic) bond motifs is 1. The van der Waals surface area contributed by atoms with Crippen LogP contribution in [0.1, 0.15) is 32.8 Å². The normalized spacial score (nSPS) is 18.6. The highest BCUT2D eigenvalue weighted by Crippen LogP contribution is 2.34. The highest BCUT2D eigenvalue weighted by atomic mass is 19.1. The maximum absolute atomic E-state index is 13.1. The molecule has 2 nitrogen and oxygen atoms in total.